The highest BCUT2D eigenvalue weighted by Crippen LogP contribution is 2.19. The first-order valence-corrected chi connectivity index (χ1v) is 10.7. The van der Waals surface area contributed by atoms with E-state index in [0.29, 0.717) is 5.92 Å². The molecule has 2 heterocycles. The van der Waals surface area contributed by atoms with Crippen LogP contribution in [0.25, 0.3) is 10.9 Å². The molecule has 2 aromatic carbocycles. The Morgan fingerprint density at radius 2 is 1.90 bits per heavy atom. The number of hydrogen-bond donors (Lipinski definition) is 0. The molecule has 0 radical (unpaired) electrons. The van der Waals surface area contributed by atoms with Crippen LogP contribution in [0.1, 0.15) is 24.1 Å². The summed E-state index contributed by atoms with van der Waals surface area (Å²) < 4.78 is 13.1. The third-order valence-electron chi connectivity index (χ3n) is 5.89. The topological polar surface area (TPSA) is 19.4 Å². The summed E-state index contributed by atoms with van der Waals surface area (Å²) in [4.78, 5) is 9.79. The summed E-state index contributed by atoms with van der Waals surface area (Å²) in [6.45, 7) is 5.36. The van der Waals surface area contributed by atoms with Crippen LogP contribution in [0.4, 0.5) is 4.39 Å². The molecule has 0 saturated carbocycles. The van der Waals surface area contributed by atoms with Crippen LogP contribution in [-0.4, -0.2) is 48.0 Å². The average molecular weight is 392 g/mol. The largest absolute Gasteiger partial charge is 0.303 e. The van der Waals surface area contributed by atoms with Crippen LogP contribution in [0.5, 0.6) is 0 Å². The second-order valence-electron chi connectivity index (χ2n) is 8.38. The Hall–Kier alpha value is -2.30. The number of fused-ring (bicyclic) bond motifs is 1. The second kappa shape index (κ2) is 9.47. The fourth-order valence-corrected chi connectivity index (χ4v) is 4.42. The van der Waals surface area contributed by atoms with E-state index in [1.807, 2.05) is 18.2 Å². The lowest BCUT2D eigenvalue weighted by Gasteiger charge is -2.34. The Morgan fingerprint density at radius 3 is 2.76 bits per heavy atom. The smallest absolute Gasteiger partial charge is 0.123 e. The molecule has 1 aromatic heterocycles. The number of aromatic nitrogens is 1. The van der Waals surface area contributed by atoms with Gasteiger partial charge in [0.2, 0.25) is 0 Å². The van der Waals surface area contributed by atoms with Crippen LogP contribution in [0, 0.1) is 11.7 Å². The molecule has 152 valence electrons. The van der Waals surface area contributed by atoms with Crippen molar-refractivity contribution < 1.29 is 4.39 Å². The number of halogens is 1. The van der Waals surface area contributed by atoms with Crippen molar-refractivity contribution >= 4 is 10.9 Å². The molecule has 1 saturated heterocycles. The van der Waals surface area contributed by atoms with E-state index in [1.165, 1.54) is 30.3 Å². The van der Waals surface area contributed by atoms with Crippen molar-refractivity contribution in [2.45, 2.75) is 25.8 Å². The first-order chi connectivity index (χ1) is 14.2. The lowest BCUT2D eigenvalue weighted by molar-refractivity contribution is 0.142. The van der Waals surface area contributed by atoms with Gasteiger partial charge in [0.15, 0.2) is 0 Å². The Morgan fingerprint density at radius 1 is 1.07 bits per heavy atom. The van der Waals surface area contributed by atoms with Crippen molar-refractivity contribution in [3.8, 4) is 0 Å². The molecule has 4 rings (SSSR count). The predicted octanol–water partition coefficient (Wildman–Crippen LogP) is 4.76. The van der Waals surface area contributed by atoms with Crippen LogP contribution in [-0.2, 0) is 13.0 Å². The highest BCUT2D eigenvalue weighted by atomic mass is 19.1. The molecule has 0 N–H and O–H groups in total. The third-order valence-corrected chi connectivity index (χ3v) is 5.89. The van der Waals surface area contributed by atoms with Crippen LogP contribution in [0.15, 0.2) is 60.7 Å². The Balaban J connectivity index is 1.27. The monoisotopic (exact) mass is 391 g/mol. The molecule has 1 aliphatic heterocycles. The van der Waals surface area contributed by atoms with Crippen molar-refractivity contribution in [1.82, 2.24) is 14.8 Å². The molecular formula is C25H30FN3. The number of rotatable bonds is 7. The van der Waals surface area contributed by atoms with Crippen LogP contribution in [0.2, 0.25) is 0 Å². The SMILES string of the molecule is CN(Cc1ccc2ccccc2n1)CC1CCCN(CCc2ccc(F)cc2)C1. The molecule has 0 spiro atoms. The lowest BCUT2D eigenvalue weighted by atomic mass is 9.97. The molecule has 1 aliphatic rings. The molecule has 1 atom stereocenters. The van der Waals surface area contributed by atoms with Gasteiger partial charge in [-0.25, -0.2) is 4.39 Å². The van der Waals surface area contributed by atoms with Gasteiger partial charge in [-0.05, 0) is 68.6 Å². The van der Waals surface area contributed by atoms with E-state index >= 15 is 0 Å². The van der Waals surface area contributed by atoms with Gasteiger partial charge in [-0.1, -0.05) is 36.4 Å². The van der Waals surface area contributed by atoms with E-state index in [1.54, 1.807) is 12.1 Å². The highest BCUT2D eigenvalue weighted by molar-refractivity contribution is 5.78. The molecule has 0 aliphatic carbocycles. The van der Waals surface area contributed by atoms with Gasteiger partial charge < -0.3 is 9.80 Å². The zero-order valence-electron chi connectivity index (χ0n) is 17.2. The summed E-state index contributed by atoms with van der Waals surface area (Å²) in [5, 5.41) is 1.20. The van der Waals surface area contributed by atoms with Gasteiger partial charge in [0.25, 0.3) is 0 Å². The van der Waals surface area contributed by atoms with E-state index in [0.717, 1.165) is 43.8 Å². The molecule has 1 fully saturated rings. The fourth-order valence-electron chi connectivity index (χ4n) is 4.42. The van der Waals surface area contributed by atoms with E-state index in [2.05, 4.69) is 47.2 Å². The van der Waals surface area contributed by atoms with Crippen LogP contribution >= 0.6 is 0 Å². The van der Waals surface area contributed by atoms with E-state index < -0.39 is 0 Å². The van der Waals surface area contributed by atoms with Gasteiger partial charge in [-0.15, -0.1) is 0 Å². The van der Waals surface area contributed by atoms with Gasteiger partial charge in [-0.2, -0.15) is 0 Å². The number of piperidine rings is 1. The molecule has 29 heavy (non-hydrogen) atoms. The normalized spacial score (nSPS) is 17.8. The maximum absolute atomic E-state index is 13.1. The second-order valence-corrected chi connectivity index (χ2v) is 8.38. The van der Waals surface area contributed by atoms with Crippen LogP contribution < -0.4 is 0 Å². The Labute approximate surface area is 173 Å². The number of benzene rings is 2. The molecule has 4 heteroatoms. The molecule has 0 amide bonds. The minimum atomic E-state index is -0.157. The van der Waals surface area contributed by atoms with E-state index in [-0.39, 0.29) is 5.82 Å². The molecule has 1 unspecified atom stereocenters. The zero-order chi connectivity index (χ0) is 20.1. The highest BCUT2D eigenvalue weighted by Gasteiger charge is 2.21. The van der Waals surface area contributed by atoms with Crippen molar-refractivity contribution in [1.29, 1.82) is 0 Å². The maximum atomic E-state index is 13.1. The third kappa shape index (κ3) is 5.62. The van der Waals surface area contributed by atoms with Crippen molar-refractivity contribution in [3.05, 3.63) is 77.7 Å². The number of nitrogens with zero attached hydrogens (tertiary/aromatic N) is 3. The van der Waals surface area contributed by atoms with Gasteiger partial charge >= 0.3 is 0 Å². The zero-order valence-corrected chi connectivity index (χ0v) is 17.2. The van der Waals surface area contributed by atoms with E-state index in [9.17, 15) is 4.39 Å². The summed E-state index contributed by atoms with van der Waals surface area (Å²) in [7, 11) is 2.20. The van der Waals surface area contributed by atoms with Gasteiger partial charge in [0.05, 0.1) is 11.2 Å². The Kier molecular flexibility index (Phi) is 6.53. The minimum absolute atomic E-state index is 0.157. The average Bonchev–Trinajstić information content (AvgIpc) is 2.73. The number of pyridine rings is 1. The summed E-state index contributed by atoms with van der Waals surface area (Å²) in [6, 6.07) is 19.5. The standard InChI is InChI=1S/C25H30FN3/c1-28(19-24-13-10-22-6-2-3-7-25(22)27-24)17-21-5-4-15-29(18-21)16-14-20-8-11-23(26)12-9-20/h2-3,6-13,21H,4-5,14-19H2,1H3. The summed E-state index contributed by atoms with van der Waals surface area (Å²) >= 11 is 0. The summed E-state index contributed by atoms with van der Waals surface area (Å²) in [5.74, 6) is 0.540. The first kappa shape index (κ1) is 20.0. The van der Waals surface area contributed by atoms with Gasteiger partial charge in [0.1, 0.15) is 5.82 Å². The van der Waals surface area contributed by atoms with Crippen LogP contribution in [0.3, 0.4) is 0 Å². The van der Waals surface area contributed by atoms with Crippen molar-refractivity contribution in [3.63, 3.8) is 0 Å². The lowest BCUT2D eigenvalue weighted by Crippen LogP contribution is -2.40. The predicted molar refractivity (Wildman–Crippen MR) is 117 cm³/mol. The quantitative estimate of drug-likeness (QED) is 0.579. The van der Waals surface area contributed by atoms with Crippen molar-refractivity contribution in [2.75, 3.05) is 33.2 Å². The fraction of sp³-hybridized carbons (Fsp3) is 0.400. The molecule has 0 bridgehead atoms. The Bertz CT molecular complexity index is 925. The maximum Gasteiger partial charge on any atom is 0.123 e. The molecular weight excluding hydrogens is 361 g/mol. The summed E-state index contributed by atoms with van der Waals surface area (Å²) in [5.41, 5.74) is 3.42. The first-order valence-electron chi connectivity index (χ1n) is 10.7. The van der Waals surface area contributed by atoms with Gasteiger partial charge in [0, 0.05) is 31.6 Å². The number of para-hydroxylation sites is 1. The number of likely N-dealkylation sites (tertiary alicyclic amines) is 1. The van der Waals surface area contributed by atoms with Gasteiger partial charge in [-0.3, -0.25) is 4.98 Å². The minimum Gasteiger partial charge on any atom is -0.303 e. The molecule has 3 aromatic rings. The van der Waals surface area contributed by atoms with Crippen molar-refractivity contribution in [2.24, 2.45) is 5.92 Å². The molecule has 3 nitrogen and oxygen atoms in total. The summed E-state index contributed by atoms with van der Waals surface area (Å²) in [6.07, 6.45) is 3.54. The van der Waals surface area contributed by atoms with E-state index in [4.69, 9.17) is 4.98 Å². The number of hydrogen-bond acceptors (Lipinski definition) is 3.